The Bertz CT molecular complexity index is 721. The third-order valence-corrected chi connectivity index (χ3v) is 2.97. The highest BCUT2D eigenvalue weighted by atomic mass is 16.7. The second-order valence-electron chi connectivity index (χ2n) is 4.27. The summed E-state index contributed by atoms with van der Waals surface area (Å²) in [6, 6.07) is 0. The minimum Gasteiger partial charge on any atom is -0.346 e. The van der Waals surface area contributed by atoms with Crippen molar-refractivity contribution in [3.63, 3.8) is 0 Å². The fourth-order valence-corrected chi connectivity index (χ4v) is 1.96. The molecule has 8 nitrogen and oxygen atoms in total. The highest BCUT2D eigenvalue weighted by Crippen LogP contribution is 2.17. The molecule has 0 unspecified atom stereocenters. The summed E-state index contributed by atoms with van der Waals surface area (Å²) < 4.78 is 13.2. The van der Waals surface area contributed by atoms with Gasteiger partial charge in [-0.15, -0.1) is 0 Å². The van der Waals surface area contributed by atoms with Crippen molar-refractivity contribution in [3.8, 4) is 0 Å². The van der Waals surface area contributed by atoms with Gasteiger partial charge in [-0.1, -0.05) is 0 Å². The first-order valence-corrected chi connectivity index (χ1v) is 6.40. The molecule has 0 spiro atoms. The first-order valence-electron chi connectivity index (χ1n) is 6.40. The molecular formula is C12H18N4O4. The van der Waals surface area contributed by atoms with Crippen LogP contribution in [0.25, 0.3) is 11.2 Å². The molecule has 0 fully saturated rings. The van der Waals surface area contributed by atoms with E-state index in [-0.39, 0.29) is 11.2 Å². The van der Waals surface area contributed by atoms with Gasteiger partial charge in [0.2, 0.25) is 6.29 Å². The first-order chi connectivity index (χ1) is 9.51. The van der Waals surface area contributed by atoms with Crippen LogP contribution >= 0.6 is 0 Å². The van der Waals surface area contributed by atoms with Crippen LogP contribution in [0.15, 0.2) is 9.59 Å². The molecule has 2 rings (SSSR count). The number of ether oxygens (including phenoxy) is 2. The second-order valence-corrected chi connectivity index (χ2v) is 4.27. The number of nitrogens with one attached hydrogen (secondary N) is 1. The molecule has 20 heavy (non-hydrogen) atoms. The average molecular weight is 282 g/mol. The van der Waals surface area contributed by atoms with Gasteiger partial charge in [0.1, 0.15) is 5.52 Å². The molecule has 2 heterocycles. The van der Waals surface area contributed by atoms with Gasteiger partial charge in [-0.25, -0.2) is 9.78 Å². The number of hydrogen-bond acceptors (Lipinski definition) is 5. The maximum Gasteiger partial charge on any atom is 0.332 e. The van der Waals surface area contributed by atoms with Crippen LogP contribution in [0.3, 0.4) is 0 Å². The van der Waals surface area contributed by atoms with Crippen molar-refractivity contribution in [1.82, 2.24) is 19.1 Å². The van der Waals surface area contributed by atoms with Crippen molar-refractivity contribution >= 4 is 11.2 Å². The van der Waals surface area contributed by atoms with Gasteiger partial charge in [0.15, 0.2) is 11.5 Å². The smallest absolute Gasteiger partial charge is 0.332 e. The van der Waals surface area contributed by atoms with Gasteiger partial charge in [-0.2, -0.15) is 0 Å². The van der Waals surface area contributed by atoms with Crippen LogP contribution in [-0.4, -0.2) is 32.3 Å². The van der Waals surface area contributed by atoms with Crippen LogP contribution < -0.4 is 11.2 Å². The van der Waals surface area contributed by atoms with Crippen molar-refractivity contribution in [2.24, 2.45) is 14.1 Å². The first kappa shape index (κ1) is 14.5. The Morgan fingerprint density at radius 2 is 1.75 bits per heavy atom. The Balaban J connectivity index is 2.64. The molecule has 8 heteroatoms. The largest absolute Gasteiger partial charge is 0.346 e. The number of hydrogen-bond donors (Lipinski definition) is 1. The van der Waals surface area contributed by atoms with Gasteiger partial charge in [-0.3, -0.25) is 13.9 Å². The second kappa shape index (κ2) is 5.59. The number of fused-ring (bicyclic) bond motifs is 1. The Morgan fingerprint density at radius 1 is 1.15 bits per heavy atom. The number of H-pyrrole nitrogens is 1. The molecular weight excluding hydrogens is 264 g/mol. The summed E-state index contributed by atoms with van der Waals surface area (Å²) in [5.74, 6) is 0.377. The zero-order valence-electron chi connectivity index (χ0n) is 12.0. The Labute approximate surface area is 115 Å². The number of aromatic amines is 1. The normalized spacial score (nSPS) is 11.7. The van der Waals surface area contributed by atoms with E-state index < -0.39 is 17.5 Å². The van der Waals surface area contributed by atoms with Gasteiger partial charge < -0.3 is 14.5 Å². The monoisotopic (exact) mass is 282 g/mol. The summed E-state index contributed by atoms with van der Waals surface area (Å²) in [4.78, 5) is 31.0. The number of rotatable bonds is 5. The molecule has 0 saturated carbocycles. The summed E-state index contributed by atoms with van der Waals surface area (Å²) in [5, 5.41) is 0. The third kappa shape index (κ3) is 2.27. The molecule has 0 amide bonds. The van der Waals surface area contributed by atoms with E-state index in [1.807, 2.05) is 13.8 Å². The summed E-state index contributed by atoms with van der Waals surface area (Å²) >= 11 is 0. The molecule has 0 aliphatic rings. The molecule has 0 aliphatic heterocycles. The van der Waals surface area contributed by atoms with E-state index >= 15 is 0 Å². The molecule has 2 aromatic heterocycles. The zero-order valence-corrected chi connectivity index (χ0v) is 12.0. The van der Waals surface area contributed by atoms with E-state index in [2.05, 4.69) is 9.97 Å². The van der Waals surface area contributed by atoms with E-state index in [0.717, 1.165) is 4.57 Å². The number of nitrogens with zero attached hydrogens (tertiary/aromatic N) is 3. The minimum absolute atomic E-state index is 0.258. The van der Waals surface area contributed by atoms with Gasteiger partial charge in [0.25, 0.3) is 5.56 Å². The molecule has 0 radical (unpaired) electrons. The number of imidazole rings is 1. The van der Waals surface area contributed by atoms with Crippen molar-refractivity contribution < 1.29 is 9.47 Å². The molecule has 0 bridgehead atoms. The zero-order chi connectivity index (χ0) is 14.9. The van der Waals surface area contributed by atoms with Crippen molar-refractivity contribution in [1.29, 1.82) is 0 Å². The summed E-state index contributed by atoms with van der Waals surface area (Å²) in [6.45, 7) is 4.56. The maximum atomic E-state index is 12.0. The molecule has 0 aromatic carbocycles. The lowest BCUT2D eigenvalue weighted by atomic mass is 10.5. The number of aryl methyl sites for hydroxylation is 1. The Hall–Kier alpha value is -1.93. The molecule has 0 atom stereocenters. The SMILES string of the molecule is CCOC(OCC)c1nc2c([nH]1)c(=O)n(C)c(=O)n2C. The predicted octanol–water partition coefficient (Wildman–Crippen LogP) is 0.0319. The van der Waals surface area contributed by atoms with Gasteiger partial charge in [-0.05, 0) is 13.8 Å². The fourth-order valence-electron chi connectivity index (χ4n) is 1.96. The van der Waals surface area contributed by atoms with Gasteiger partial charge >= 0.3 is 5.69 Å². The van der Waals surface area contributed by atoms with Crippen molar-refractivity contribution in [2.75, 3.05) is 13.2 Å². The van der Waals surface area contributed by atoms with Gasteiger partial charge in [0.05, 0.1) is 0 Å². The van der Waals surface area contributed by atoms with Crippen LogP contribution in [0.4, 0.5) is 0 Å². The topological polar surface area (TPSA) is 91.1 Å². The molecule has 1 N–H and O–H groups in total. The van der Waals surface area contributed by atoms with Crippen LogP contribution in [0.2, 0.25) is 0 Å². The van der Waals surface area contributed by atoms with Gasteiger partial charge in [0, 0.05) is 27.3 Å². The minimum atomic E-state index is -0.683. The van der Waals surface area contributed by atoms with Crippen LogP contribution in [0.5, 0.6) is 0 Å². The van der Waals surface area contributed by atoms with E-state index in [1.165, 1.54) is 11.6 Å². The maximum absolute atomic E-state index is 12.0. The summed E-state index contributed by atoms with van der Waals surface area (Å²) in [5.41, 5.74) is -0.301. The molecule has 0 aliphatic carbocycles. The van der Waals surface area contributed by atoms with Crippen LogP contribution in [-0.2, 0) is 23.6 Å². The molecule has 2 aromatic rings. The molecule has 110 valence electrons. The van der Waals surface area contributed by atoms with E-state index in [4.69, 9.17) is 9.47 Å². The molecule has 0 saturated heterocycles. The van der Waals surface area contributed by atoms with Crippen molar-refractivity contribution in [3.05, 3.63) is 26.7 Å². The van der Waals surface area contributed by atoms with E-state index in [1.54, 1.807) is 7.05 Å². The van der Waals surface area contributed by atoms with Crippen LogP contribution in [0, 0.1) is 0 Å². The Morgan fingerprint density at radius 3 is 2.30 bits per heavy atom. The number of aromatic nitrogens is 4. The summed E-state index contributed by atoms with van der Waals surface area (Å²) in [7, 11) is 2.98. The van der Waals surface area contributed by atoms with Crippen LogP contribution in [0.1, 0.15) is 26.0 Å². The summed E-state index contributed by atoms with van der Waals surface area (Å²) in [6.07, 6.45) is -0.683. The van der Waals surface area contributed by atoms with E-state index in [0.29, 0.717) is 19.0 Å². The lowest BCUT2D eigenvalue weighted by Crippen LogP contribution is -2.36. The average Bonchev–Trinajstić information content (AvgIpc) is 2.88. The highest BCUT2D eigenvalue weighted by Gasteiger charge is 2.20. The standard InChI is InChI=1S/C12H18N4O4/c1-5-19-11(20-6-2)8-13-7-9(14-8)15(3)12(18)16(4)10(7)17/h11H,5-6H2,1-4H3,(H,13,14). The predicted molar refractivity (Wildman–Crippen MR) is 72.6 cm³/mol. The van der Waals surface area contributed by atoms with E-state index in [9.17, 15) is 9.59 Å². The van der Waals surface area contributed by atoms with Crippen molar-refractivity contribution in [2.45, 2.75) is 20.1 Å². The fraction of sp³-hybridized carbons (Fsp3) is 0.583. The lowest BCUT2D eigenvalue weighted by molar-refractivity contribution is -0.144. The highest BCUT2D eigenvalue weighted by molar-refractivity contribution is 5.69. The lowest BCUT2D eigenvalue weighted by Gasteiger charge is -2.13. The third-order valence-electron chi connectivity index (χ3n) is 2.97. The quantitative estimate of drug-likeness (QED) is 0.781. The Kier molecular flexibility index (Phi) is 4.05.